The lowest BCUT2D eigenvalue weighted by atomic mass is 9.95. The Morgan fingerprint density at radius 1 is 0.947 bits per heavy atom. The molecule has 0 aliphatic carbocycles. The monoisotopic (exact) mass is 378 g/mol. The number of hydrogen-bond acceptors (Lipinski definition) is 1. The molecule has 96 valence electrons. The third-order valence-electron chi connectivity index (χ3n) is 3.36. The van der Waals surface area contributed by atoms with Crippen molar-refractivity contribution in [1.29, 1.82) is 0 Å². The normalized spacial score (nSPS) is 13.0. The Balaban J connectivity index is 2.46. The zero-order valence-electron chi connectivity index (χ0n) is 10.1. The Morgan fingerprint density at radius 3 is 2.42 bits per heavy atom. The highest BCUT2D eigenvalue weighted by Crippen LogP contribution is 2.33. The first kappa shape index (κ1) is 13.1. The summed E-state index contributed by atoms with van der Waals surface area (Å²) in [6, 6.07) is 16.6. The molecule has 3 heteroatoms. The largest absolute Gasteiger partial charge is 0.388 e. The SMILES string of the molecule is O[C@@H](CBr)c1cc2cc(Br)ccc2c2ccccc12. The van der Waals surface area contributed by atoms with Crippen LogP contribution in [0.25, 0.3) is 21.5 Å². The second-order valence-electron chi connectivity index (χ2n) is 4.55. The van der Waals surface area contributed by atoms with E-state index in [2.05, 4.69) is 68.3 Å². The molecule has 3 aromatic rings. The van der Waals surface area contributed by atoms with Crippen molar-refractivity contribution in [3.8, 4) is 0 Å². The Bertz CT molecular complexity index is 752. The van der Waals surface area contributed by atoms with E-state index in [0.717, 1.165) is 20.8 Å². The van der Waals surface area contributed by atoms with Crippen LogP contribution in [-0.2, 0) is 0 Å². The van der Waals surface area contributed by atoms with Gasteiger partial charge in [0.1, 0.15) is 0 Å². The first-order chi connectivity index (χ1) is 9.20. The lowest BCUT2D eigenvalue weighted by molar-refractivity contribution is 0.207. The molecule has 1 N–H and O–H groups in total. The molecule has 1 atom stereocenters. The highest BCUT2D eigenvalue weighted by Gasteiger charge is 2.12. The van der Waals surface area contributed by atoms with Crippen LogP contribution in [0.1, 0.15) is 11.7 Å². The third-order valence-corrected chi connectivity index (χ3v) is 4.46. The molecule has 0 heterocycles. The molecule has 0 bridgehead atoms. The van der Waals surface area contributed by atoms with Crippen LogP contribution in [0.3, 0.4) is 0 Å². The number of rotatable bonds is 2. The topological polar surface area (TPSA) is 20.2 Å². The van der Waals surface area contributed by atoms with Gasteiger partial charge in [0.05, 0.1) is 6.10 Å². The van der Waals surface area contributed by atoms with Crippen molar-refractivity contribution < 1.29 is 5.11 Å². The predicted octanol–water partition coefficient (Wildman–Crippen LogP) is 5.18. The van der Waals surface area contributed by atoms with Gasteiger partial charge in [-0.05, 0) is 45.3 Å². The van der Waals surface area contributed by atoms with Crippen LogP contribution < -0.4 is 0 Å². The number of fused-ring (bicyclic) bond motifs is 3. The predicted molar refractivity (Wildman–Crippen MR) is 87.9 cm³/mol. The molecule has 3 aromatic carbocycles. The highest BCUT2D eigenvalue weighted by atomic mass is 79.9. The molecule has 0 amide bonds. The van der Waals surface area contributed by atoms with E-state index >= 15 is 0 Å². The van der Waals surface area contributed by atoms with Gasteiger partial charge in [0.25, 0.3) is 0 Å². The van der Waals surface area contributed by atoms with Crippen molar-refractivity contribution in [3.63, 3.8) is 0 Å². The fourth-order valence-corrected chi connectivity index (χ4v) is 3.20. The van der Waals surface area contributed by atoms with Crippen molar-refractivity contribution in [3.05, 3.63) is 58.6 Å². The van der Waals surface area contributed by atoms with Crippen LogP contribution in [-0.4, -0.2) is 10.4 Å². The minimum absolute atomic E-state index is 0.492. The highest BCUT2D eigenvalue weighted by molar-refractivity contribution is 9.10. The molecule has 0 radical (unpaired) electrons. The number of hydrogen-bond donors (Lipinski definition) is 1. The van der Waals surface area contributed by atoms with Gasteiger partial charge >= 0.3 is 0 Å². The van der Waals surface area contributed by atoms with Gasteiger partial charge in [-0.25, -0.2) is 0 Å². The van der Waals surface area contributed by atoms with E-state index in [1.807, 2.05) is 12.1 Å². The van der Waals surface area contributed by atoms with Gasteiger partial charge in [0.15, 0.2) is 0 Å². The van der Waals surface area contributed by atoms with E-state index in [1.165, 1.54) is 10.8 Å². The van der Waals surface area contributed by atoms with Crippen LogP contribution in [0.5, 0.6) is 0 Å². The van der Waals surface area contributed by atoms with E-state index in [4.69, 9.17) is 0 Å². The molecule has 0 aromatic heterocycles. The van der Waals surface area contributed by atoms with Crippen LogP contribution >= 0.6 is 31.9 Å². The summed E-state index contributed by atoms with van der Waals surface area (Å²) < 4.78 is 1.05. The van der Waals surface area contributed by atoms with Crippen molar-refractivity contribution >= 4 is 53.4 Å². The van der Waals surface area contributed by atoms with Gasteiger partial charge in [-0.2, -0.15) is 0 Å². The molecule has 0 spiro atoms. The zero-order chi connectivity index (χ0) is 13.4. The fraction of sp³-hybridized carbons (Fsp3) is 0.125. The number of benzene rings is 3. The van der Waals surface area contributed by atoms with E-state index in [-0.39, 0.29) is 0 Å². The lowest BCUT2D eigenvalue weighted by Crippen LogP contribution is -1.99. The van der Waals surface area contributed by atoms with Crippen LogP contribution in [0, 0.1) is 0 Å². The first-order valence-electron chi connectivity index (χ1n) is 6.05. The Hall–Kier alpha value is -0.900. The van der Waals surface area contributed by atoms with Crippen molar-refractivity contribution in [2.24, 2.45) is 0 Å². The minimum atomic E-state index is -0.492. The standard InChI is InChI=1S/C16H12Br2O/c17-9-16(19)15-8-10-7-11(18)5-6-12(10)13-3-1-2-4-14(13)15/h1-8,16,19H,9H2/t16-/m0/s1. The Labute approximate surface area is 128 Å². The Kier molecular flexibility index (Phi) is 3.61. The Morgan fingerprint density at radius 2 is 1.68 bits per heavy atom. The molecule has 19 heavy (non-hydrogen) atoms. The summed E-state index contributed by atoms with van der Waals surface area (Å²) >= 11 is 6.86. The smallest absolute Gasteiger partial charge is 0.0893 e. The summed E-state index contributed by atoms with van der Waals surface area (Å²) in [6.45, 7) is 0. The van der Waals surface area contributed by atoms with Gasteiger partial charge in [-0.1, -0.05) is 62.2 Å². The summed E-state index contributed by atoms with van der Waals surface area (Å²) in [4.78, 5) is 0. The molecular weight excluding hydrogens is 368 g/mol. The third kappa shape index (κ3) is 2.31. The summed E-state index contributed by atoms with van der Waals surface area (Å²) in [5, 5.41) is 15.4. The zero-order valence-corrected chi connectivity index (χ0v) is 13.3. The van der Waals surface area contributed by atoms with E-state index in [9.17, 15) is 5.11 Å². The molecule has 0 unspecified atom stereocenters. The average molecular weight is 380 g/mol. The fourth-order valence-electron chi connectivity index (χ4n) is 2.47. The van der Waals surface area contributed by atoms with Gasteiger partial charge in [-0.15, -0.1) is 0 Å². The van der Waals surface area contributed by atoms with Gasteiger partial charge < -0.3 is 5.11 Å². The van der Waals surface area contributed by atoms with Gasteiger partial charge in [0.2, 0.25) is 0 Å². The summed E-state index contributed by atoms with van der Waals surface area (Å²) in [7, 11) is 0. The molecule has 0 aliphatic heterocycles. The van der Waals surface area contributed by atoms with Crippen molar-refractivity contribution in [1.82, 2.24) is 0 Å². The quantitative estimate of drug-likeness (QED) is 0.480. The molecule has 1 nitrogen and oxygen atoms in total. The van der Waals surface area contributed by atoms with Crippen molar-refractivity contribution in [2.45, 2.75) is 6.10 Å². The second-order valence-corrected chi connectivity index (χ2v) is 6.11. The summed E-state index contributed by atoms with van der Waals surface area (Å²) in [5.74, 6) is 0. The maximum Gasteiger partial charge on any atom is 0.0893 e. The van der Waals surface area contributed by atoms with Gasteiger partial charge in [-0.3, -0.25) is 0 Å². The molecular formula is C16H12Br2O. The molecule has 0 fully saturated rings. The molecule has 0 saturated carbocycles. The number of aliphatic hydroxyl groups is 1. The average Bonchev–Trinajstić information content (AvgIpc) is 2.45. The van der Waals surface area contributed by atoms with Crippen LogP contribution in [0.4, 0.5) is 0 Å². The van der Waals surface area contributed by atoms with E-state index in [0.29, 0.717) is 5.33 Å². The minimum Gasteiger partial charge on any atom is -0.388 e. The number of aliphatic hydroxyl groups excluding tert-OH is 1. The molecule has 0 aliphatic rings. The van der Waals surface area contributed by atoms with E-state index < -0.39 is 6.10 Å². The van der Waals surface area contributed by atoms with Crippen molar-refractivity contribution in [2.75, 3.05) is 5.33 Å². The second kappa shape index (κ2) is 5.23. The van der Waals surface area contributed by atoms with Crippen LogP contribution in [0.2, 0.25) is 0 Å². The van der Waals surface area contributed by atoms with Crippen LogP contribution in [0.15, 0.2) is 53.0 Å². The summed E-state index contributed by atoms with van der Waals surface area (Å²) in [5.41, 5.74) is 0.970. The lowest BCUT2D eigenvalue weighted by Gasteiger charge is -2.14. The maximum atomic E-state index is 10.2. The number of halogens is 2. The maximum absolute atomic E-state index is 10.2. The summed E-state index contributed by atoms with van der Waals surface area (Å²) in [6.07, 6.45) is -0.492. The van der Waals surface area contributed by atoms with Gasteiger partial charge in [0, 0.05) is 9.80 Å². The number of alkyl halides is 1. The first-order valence-corrected chi connectivity index (χ1v) is 7.97. The van der Waals surface area contributed by atoms with E-state index in [1.54, 1.807) is 0 Å². The molecule has 0 saturated heterocycles. The molecule has 3 rings (SSSR count).